The summed E-state index contributed by atoms with van der Waals surface area (Å²) in [5, 5.41) is 4.30. The van der Waals surface area contributed by atoms with Crippen LogP contribution in [0.4, 0.5) is 5.69 Å². The zero-order valence-corrected chi connectivity index (χ0v) is 16.3. The summed E-state index contributed by atoms with van der Waals surface area (Å²) in [7, 11) is -3.62. The number of para-hydroxylation sites is 1. The van der Waals surface area contributed by atoms with E-state index in [-0.39, 0.29) is 12.5 Å². The van der Waals surface area contributed by atoms with Gasteiger partial charge >= 0.3 is 0 Å². The molecule has 0 saturated carbocycles. The van der Waals surface area contributed by atoms with Crippen molar-refractivity contribution in [2.45, 2.75) is 6.42 Å². The van der Waals surface area contributed by atoms with Gasteiger partial charge in [-0.1, -0.05) is 35.9 Å². The number of hydrogen-bond acceptors (Lipinski definition) is 3. The number of H-pyrrole nitrogens is 1. The number of carbonyl (C=O) groups is 1. The van der Waals surface area contributed by atoms with Gasteiger partial charge in [-0.3, -0.25) is 9.10 Å². The van der Waals surface area contributed by atoms with Gasteiger partial charge in [0.15, 0.2) is 0 Å². The number of halogens is 1. The summed E-state index contributed by atoms with van der Waals surface area (Å²) in [6.45, 7) is 0.112. The molecule has 27 heavy (non-hydrogen) atoms. The van der Waals surface area contributed by atoms with Crippen LogP contribution in [-0.2, 0) is 21.2 Å². The molecule has 0 spiro atoms. The largest absolute Gasteiger partial charge is 0.361 e. The predicted molar refractivity (Wildman–Crippen MR) is 109 cm³/mol. The van der Waals surface area contributed by atoms with Crippen LogP contribution in [0.2, 0.25) is 5.02 Å². The van der Waals surface area contributed by atoms with Crippen molar-refractivity contribution in [3.05, 3.63) is 65.3 Å². The molecule has 142 valence electrons. The Balaban J connectivity index is 1.63. The molecule has 1 aromatic heterocycles. The van der Waals surface area contributed by atoms with Crippen LogP contribution in [0.3, 0.4) is 0 Å². The second-order valence-electron chi connectivity index (χ2n) is 6.21. The first-order chi connectivity index (χ1) is 12.8. The van der Waals surface area contributed by atoms with E-state index in [1.807, 2.05) is 30.5 Å². The molecule has 0 saturated heterocycles. The third-order valence-corrected chi connectivity index (χ3v) is 5.55. The van der Waals surface area contributed by atoms with Gasteiger partial charge in [-0.05, 0) is 36.2 Å². The Kier molecular flexibility index (Phi) is 5.72. The molecule has 8 heteroatoms. The van der Waals surface area contributed by atoms with Crippen molar-refractivity contribution in [3.8, 4) is 0 Å². The van der Waals surface area contributed by atoms with E-state index in [2.05, 4.69) is 10.3 Å². The smallest absolute Gasteiger partial charge is 0.240 e. The Morgan fingerprint density at radius 1 is 1.19 bits per heavy atom. The number of fused-ring (bicyclic) bond motifs is 1. The number of hydrogen-bond donors (Lipinski definition) is 2. The highest BCUT2D eigenvalue weighted by Gasteiger charge is 2.20. The highest BCUT2D eigenvalue weighted by molar-refractivity contribution is 7.92. The lowest BCUT2D eigenvalue weighted by Crippen LogP contribution is -2.40. The summed E-state index contributed by atoms with van der Waals surface area (Å²) in [5.74, 6) is -0.375. The van der Waals surface area contributed by atoms with E-state index >= 15 is 0 Å². The van der Waals surface area contributed by atoms with Crippen molar-refractivity contribution < 1.29 is 13.2 Å². The maximum absolute atomic E-state index is 12.3. The summed E-state index contributed by atoms with van der Waals surface area (Å²) in [5.41, 5.74) is 2.50. The summed E-state index contributed by atoms with van der Waals surface area (Å²) < 4.78 is 25.2. The standard InChI is InChI=1S/C19H20ClN3O3S/c1-27(25,26)23(16-6-4-5-15(20)11-16)13-19(24)21-10-9-14-12-22-18-8-3-2-7-17(14)18/h2-8,11-12,22H,9-10,13H2,1H3,(H,21,24). The molecule has 0 unspecified atom stereocenters. The number of nitrogens with zero attached hydrogens (tertiary/aromatic N) is 1. The highest BCUT2D eigenvalue weighted by atomic mass is 35.5. The number of sulfonamides is 1. The van der Waals surface area contributed by atoms with Gasteiger partial charge < -0.3 is 10.3 Å². The maximum Gasteiger partial charge on any atom is 0.240 e. The van der Waals surface area contributed by atoms with Gasteiger partial charge in [0.1, 0.15) is 6.54 Å². The zero-order valence-electron chi connectivity index (χ0n) is 14.8. The molecular formula is C19H20ClN3O3S. The minimum Gasteiger partial charge on any atom is -0.361 e. The van der Waals surface area contributed by atoms with Gasteiger partial charge in [-0.25, -0.2) is 8.42 Å². The molecule has 2 aromatic carbocycles. The van der Waals surface area contributed by atoms with Crippen molar-refractivity contribution in [1.29, 1.82) is 0 Å². The van der Waals surface area contributed by atoms with Crippen LogP contribution in [0, 0.1) is 0 Å². The van der Waals surface area contributed by atoms with Crippen LogP contribution in [0.25, 0.3) is 10.9 Å². The van der Waals surface area contributed by atoms with Crippen molar-refractivity contribution in [3.63, 3.8) is 0 Å². The number of anilines is 1. The summed E-state index contributed by atoms with van der Waals surface area (Å²) in [4.78, 5) is 15.5. The van der Waals surface area contributed by atoms with E-state index in [1.54, 1.807) is 18.2 Å². The van der Waals surface area contributed by atoms with E-state index < -0.39 is 10.0 Å². The van der Waals surface area contributed by atoms with Gasteiger partial charge in [-0.15, -0.1) is 0 Å². The Hall–Kier alpha value is -2.51. The fraction of sp³-hybridized carbons (Fsp3) is 0.211. The topological polar surface area (TPSA) is 82.3 Å². The second-order valence-corrected chi connectivity index (χ2v) is 8.55. The van der Waals surface area contributed by atoms with Crippen molar-refractivity contribution in [1.82, 2.24) is 10.3 Å². The molecule has 0 atom stereocenters. The Bertz CT molecular complexity index is 1060. The first kappa shape index (κ1) is 19.3. The Morgan fingerprint density at radius 3 is 2.70 bits per heavy atom. The van der Waals surface area contributed by atoms with Gasteiger partial charge in [0, 0.05) is 28.7 Å². The minimum atomic E-state index is -3.62. The molecular weight excluding hydrogens is 386 g/mol. The van der Waals surface area contributed by atoms with Crippen LogP contribution < -0.4 is 9.62 Å². The van der Waals surface area contributed by atoms with Crippen molar-refractivity contribution in [2.24, 2.45) is 0 Å². The lowest BCUT2D eigenvalue weighted by molar-refractivity contribution is -0.119. The van der Waals surface area contributed by atoms with Crippen LogP contribution in [-0.4, -0.2) is 38.7 Å². The summed E-state index contributed by atoms with van der Waals surface area (Å²) >= 11 is 5.94. The van der Waals surface area contributed by atoms with Gasteiger partial charge in [-0.2, -0.15) is 0 Å². The first-order valence-electron chi connectivity index (χ1n) is 8.39. The quantitative estimate of drug-likeness (QED) is 0.634. The number of benzene rings is 2. The predicted octanol–water partition coefficient (Wildman–Crippen LogP) is 2.95. The van der Waals surface area contributed by atoms with E-state index in [0.717, 1.165) is 27.0 Å². The van der Waals surface area contributed by atoms with Crippen LogP contribution in [0.5, 0.6) is 0 Å². The molecule has 0 bridgehead atoms. The molecule has 3 rings (SSSR count). The monoisotopic (exact) mass is 405 g/mol. The van der Waals surface area contributed by atoms with Gasteiger partial charge in [0.05, 0.1) is 11.9 Å². The second kappa shape index (κ2) is 8.02. The number of carbonyl (C=O) groups excluding carboxylic acids is 1. The SMILES string of the molecule is CS(=O)(=O)N(CC(=O)NCCc1c[nH]c2ccccc12)c1cccc(Cl)c1. The fourth-order valence-corrected chi connectivity index (χ4v) is 3.93. The first-order valence-corrected chi connectivity index (χ1v) is 10.6. The third kappa shape index (κ3) is 4.81. The number of nitrogens with one attached hydrogen (secondary N) is 2. The molecule has 1 heterocycles. The zero-order chi connectivity index (χ0) is 19.4. The molecule has 3 aromatic rings. The average Bonchev–Trinajstić information content (AvgIpc) is 3.02. The lowest BCUT2D eigenvalue weighted by atomic mass is 10.1. The van der Waals surface area contributed by atoms with Gasteiger partial charge in [0.25, 0.3) is 0 Å². The molecule has 0 radical (unpaired) electrons. The summed E-state index contributed by atoms with van der Waals surface area (Å²) in [6, 6.07) is 14.3. The molecule has 6 nitrogen and oxygen atoms in total. The number of amides is 1. The maximum atomic E-state index is 12.3. The van der Waals surface area contributed by atoms with E-state index in [1.165, 1.54) is 6.07 Å². The van der Waals surface area contributed by atoms with E-state index in [0.29, 0.717) is 23.7 Å². The van der Waals surface area contributed by atoms with E-state index in [4.69, 9.17) is 11.6 Å². The van der Waals surface area contributed by atoms with Crippen LogP contribution >= 0.6 is 11.6 Å². The molecule has 0 aliphatic rings. The normalized spacial score (nSPS) is 11.5. The Morgan fingerprint density at radius 2 is 1.96 bits per heavy atom. The number of aromatic amines is 1. The minimum absolute atomic E-state index is 0.299. The van der Waals surface area contributed by atoms with Gasteiger partial charge in [0.2, 0.25) is 15.9 Å². The fourth-order valence-electron chi connectivity index (χ4n) is 2.89. The average molecular weight is 406 g/mol. The summed E-state index contributed by atoms with van der Waals surface area (Å²) in [6.07, 6.45) is 3.63. The molecule has 0 aliphatic carbocycles. The van der Waals surface area contributed by atoms with Crippen molar-refractivity contribution in [2.75, 3.05) is 23.7 Å². The number of rotatable bonds is 7. The lowest BCUT2D eigenvalue weighted by Gasteiger charge is -2.22. The van der Waals surface area contributed by atoms with Crippen LogP contribution in [0.15, 0.2) is 54.7 Å². The van der Waals surface area contributed by atoms with Crippen LogP contribution in [0.1, 0.15) is 5.56 Å². The number of aromatic nitrogens is 1. The molecule has 0 fully saturated rings. The highest BCUT2D eigenvalue weighted by Crippen LogP contribution is 2.21. The van der Waals surface area contributed by atoms with Crippen molar-refractivity contribution >= 4 is 44.1 Å². The third-order valence-electron chi connectivity index (χ3n) is 4.18. The molecule has 1 amide bonds. The molecule has 0 aliphatic heterocycles. The molecule has 2 N–H and O–H groups in total. The Labute approximate surface area is 163 Å². The van der Waals surface area contributed by atoms with E-state index in [9.17, 15) is 13.2 Å².